The standard InChI is InChI=1S/C17H27ClN2O/c1-2-9-19-17(14-5-3-6-15(18)12-14)8-11-20-10-4-7-16(20)13-21/h3,5-6,12,16-17,19,21H,2,4,7-11,13H2,1H3. The number of rotatable bonds is 8. The van der Waals surface area contributed by atoms with Crippen molar-refractivity contribution in [2.24, 2.45) is 0 Å². The number of likely N-dealkylation sites (tertiary alicyclic amines) is 1. The molecule has 0 bridgehead atoms. The maximum atomic E-state index is 9.42. The van der Waals surface area contributed by atoms with Gasteiger partial charge in [0.2, 0.25) is 0 Å². The highest BCUT2D eigenvalue weighted by atomic mass is 35.5. The van der Waals surface area contributed by atoms with Crippen molar-refractivity contribution in [1.29, 1.82) is 0 Å². The van der Waals surface area contributed by atoms with Gasteiger partial charge in [-0.25, -0.2) is 0 Å². The molecule has 0 saturated carbocycles. The molecule has 0 radical (unpaired) electrons. The van der Waals surface area contributed by atoms with Crippen LogP contribution in [-0.4, -0.2) is 42.3 Å². The highest BCUT2D eigenvalue weighted by Gasteiger charge is 2.24. The normalized spacial score (nSPS) is 20.8. The number of aliphatic hydroxyl groups is 1. The predicted octanol–water partition coefficient (Wildman–Crippen LogP) is 3.23. The molecule has 0 spiro atoms. The summed E-state index contributed by atoms with van der Waals surface area (Å²) in [6, 6.07) is 8.84. The molecule has 0 amide bonds. The second-order valence-corrected chi connectivity index (χ2v) is 6.30. The lowest BCUT2D eigenvalue weighted by Gasteiger charge is -2.26. The minimum absolute atomic E-state index is 0.282. The van der Waals surface area contributed by atoms with Crippen molar-refractivity contribution in [3.05, 3.63) is 34.9 Å². The zero-order chi connectivity index (χ0) is 15.1. The molecule has 21 heavy (non-hydrogen) atoms. The van der Waals surface area contributed by atoms with Crippen LogP contribution in [0.2, 0.25) is 5.02 Å². The van der Waals surface area contributed by atoms with Crippen LogP contribution in [-0.2, 0) is 0 Å². The fourth-order valence-electron chi connectivity index (χ4n) is 3.12. The van der Waals surface area contributed by atoms with Crippen molar-refractivity contribution in [1.82, 2.24) is 10.2 Å². The molecule has 1 heterocycles. The molecule has 2 N–H and O–H groups in total. The first kappa shape index (κ1) is 16.8. The molecule has 0 aromatic heterocycles. The van der Waals surface area contributed by atoms with E-state index in [4.69, 9.17) is 11.6 Å². The molecule has 1 saturated heterocycles. The molecule has 0 aliphatic carbocycles. The van der Waals surface area contributed by atoms with Gasteiger partial charge in [-0.15, -0.1) is 0 Å². The van der Waals surface area contributed by atoms with Crippen LogP contribution in [0.25, 0.3) is 0 Å². The monoisotopic (exact) mass is 310 g/mol. The molecule has 2 unspecified atom stereocenters. The van der Waals surface area contributed by atoms with E-state index in [1.165, 1.54) is 12.0 Å². The lowest BCUT2D eigenvalue weighted by atomic mass is 10.0. The van der Waals surface area contributed by atoms with Crippen LogP contribution in [0, 0.1) is 0 Å². The van der Waals surface area contributed by atoms with E-state index in [-0.39, 0.29) is 6.61 Å². The van der Waals surface area contributed by atoms with Gasteiger partial charge in [0, 0.05) is 23.7 Å². The smallest absolute Gasteiger partial charge is 0.0586 e. The molecule has 1 aromatic carbocycles. The van der Waals surface area contributed by atoms with Crippen LogP contribution in [0.5, 0.6) is 0 Å². The molecule has 1 aliphatic rings. The van der Waals surface area contributed by atoms with Crippen LogP contribution in [0.1, 0.15) is 44.2 Å². The fourth-order valence-corrected chi connectivity index (χ4v) is 3.32. The van der Waals surface area contributed by atoms with Gasteiger partial charge >= 0.3 is 0 Å². The van der Waals surface area contributed by atoms with Gasteiger partial charge in [0.05, 0.1) is 6.61 Å². The number of nitrogens with one attached hydrogen (secondary N) is 1. The fraction of sp³-hybridized carbons (Fsp3) is 0.647. The second-order valence-electron chi connectivity index (χ2n) is 5.86. The van der Waals surface area contributed by atoms with Gasteiger partial charge in [-0.3, -0.25) is 4.90 Å². The SMILES string of the molecule is CCCNC(CCN1CCCC1CO)c1cccc(Cl)c1. The van der Waals surface area contributed by atoms with Crippen LogP contribution in [0.3, 0.4) is 0 Å². The van der Waals surface area contributed by atoms with E-state index in [1.807, 2.05) is 12.1 Å². The molecule has 4 heteroatoms. The first-order valence-electron chi connectivity index (χ1n) is 8.08. The third-order valence-corrected chi connectivity index (χ3v) is 4.54. The van der Waals surface area contributed by atoms with Gasteiger partial charge in [-0.05, 0) is 56.5 Å². The Hall–Kier alpha value is -0.610. The van der Waals surface area contributed by atoms with Crippen molar-refractivity contribution in [2.75, 3.05) is 26.2 Å². The van der Waals surface area contributed by atoms with Crippen molar-refractivity contribution < 1.29 is 5.11 Å². The van der Waals surface area contributed by atoms with Crippen LogP contribution in [0.4, 0.5) is 0 Å². The van der Waals surface area contributed by atoms with Gasteiger partial charge in [-0.2, -0.15) is 0 Å². The van der Waals surface area contributed by atoms with E-state index in [0.717, 1.165) is 43.9 Å². The average molecular weight is 311 g/mol. The Morgan fingerprint density at radius 3 is 3.05 bits per heavy atom. The van der Waals surface area contributed by atoms with Crippen LogP contribution in [0.15, 0.2) is 24.3 Å². The maximum Gasteiger partial charge on any atom is 0.0586 e. The summed E-state index contributed by atoms with van der Waals surface area (Å²) < 4.78 is 0. The van der Waals surface area contributed by atoms with Gasteiger partial charge in [0.15, 0.2) is 0 Å². The summed E-state index contributed by atoms with van der Waals surface area (Å²) in [6.07, 6.45) is 4.51. The highest BCUT2D eigenvalue weighted by molar-refractivity contribution is 6.30. The predicted molar refractivity (Wildman–Crippen MR) is 88.8 cm³/mol. The summed E-state index contributed by atoms with van der Waals surface area (Å²) in [7, 11) is 0. The Labute approximate surface area is 133 Å². The second kappa shape index (κ2) is 8.74. The Kier molecular flexibility index (Phi) is 6.97. The van der Waals surface area contributed by atoms with E-state index >= 15 is 0 Å². The van der Waals surface area contributed by atoms with E-state index in [2.05, 4.69) is 29.3 Å². The third-order valence-electron chi connectivity index (χ3n) is 4.31. The minimum Gasteiger partial charge on any atom is -0.395 e. The molecule has 3 nitrogen and oxygen atoms in total. The Balaban J connectivity index is 1.96. The summed E-state index contributed by atoms with van der Waals surface area (Å²) in [4.78, 5) is 2.42. The summed E-state index contributed by atoms with van der Waals surface area (Å²) in [6.45, 7) is 5.62. The summed E-state index contributed by atoms with van der Waals surface area (Å²) in [5, 5.41) is 13.8. The zero-order valence-corrected chi connectivity index (χ0v) is 13.6. The average Bonchev–Trinajstić information content (AvgIpc) is 2.95. The van der Waals surface area contributed by atoms with Gasteiger partial charge in [0.1, 0.15) is 0 Å². The molecule has 2 rings (SSSR count). The largest absolute Gasteiger partial charge is 0.395 e. The van der Waals surface area contributed by atoms with Gasteiger partial charge in [0.25, 0.3) is 0 Å². The molecular formula is C17H27ClN2O. The number of benzene rings is 1. The van der Waals surface area contributed by atoms with Crippen molar-refractivity contribution in [2.45, 2.75) is 44.7 Å². The third kappa shape index (κ3) is 4.96. The quantitative estimate of drug-likeness (QED) is 0.774. The number of hydrogen-bond donors (Lipinski definition) is 2. The van der Waals surface area contributed by atoms with Gasteiger partial charge < -0.3 is 10.4 Å². The first-order valence-corrected chi connectivity index (χ1v) is 8.46. The summed E-state index contributed by atoms with van der Waals surface area (Å²) >= 11 is 6.12. The number of nitrogens with zero attached hydrogens (tertiary/aromatic N) is 1. The van der Waals surface area contributed by atoms with Crippen molar-refractivity contribution in [3.8, 4) is 0 Å². The lowest BCUT2D eigenvalue weighted by molar-refractivity contribution is 0.154. The van der Waals surface area contributed by atoms with Crippen molar-refractivity contribution in [3.63, 3.8) is 0 Å². The first-order chi connectivity index (χ1) is 10.2. The van der Waals surface area contributed by atoms with Crippen LogP contribution < -0.4 is 5.32 Å². The van der Waals surface area contributed by atoms with E-state index in [1.54, 1.807) is 0 Å². The van der Waals surface area contributed by atoms with E-state index in [9.17, 15) is 5.11 Å². The molecular weight excluding hydrogens is 284 g/mol. The zero-order valence-electron chi connectivity index (χ0n) is 12.9. The molecule has 1 aliphatic heterocycles. The Morgan fingerprint density at radius 1 is 1.48 bits per heavy atom. The minimum atomic E-state index is 0.282. The number of aliphatic hydroxyl groups excluding tert-OH is 1. The van der Waals surface area contributed by atoms with E-state index < -0.39 is 0 Å². The molecule has 2 atom stereocenters. The summed E-state index contributed by atoms with van der Waals surface area (Å²) in [5.41, 5.74) is 1.26. The van der Waals surface area contributed by atoms with Crippen molar-refractivity contribution >= 4 is 11.6 Å². The lowest BCUT2D eigenvalue weighted by Crippen LogP contribution is -2.35. The Bertz CT molecular complexity index is 427. The Morgan fingerprint density at radius 2 is 2.33 bits per heavy atom. The summed E-state index contributed by atoms with van der Waals surface area (Å²) in [5.74, 6) is 0. The number of halogens is 1. The molecule has 118 valence electrons. The van der Waals surface area contributed by atoms with Gasteiger partial charge in [-0.1, -0.05) is 30.7 Å². The van der Waals surface area contributed by atoms with E-state index in [0.29, 0.717) is 12.1 Å². The molecule has 1 aromatic rings. The maximum absolute atomic E-state index is 9.42. The van der Waals surface area contributed by atoms with Crippen LogP contribution >= 0.6 is 11.6 Å². The topological polar surface area (TPSA) is 35.5 Å². The molecule has 1 fully saturated rings. The highest BCUT2D eigenvalue weighted by Crippen LogP contribution is 2.23. The number of hydrogen-bond acceptors (Lipinski definition) is 3.